The van der Waals surface area contributed by atoms with Crippen LogP contribution < -0.4 is 4.90 Å². The van der Waals surface area contributed by atoms with Gasteiger partial charge in [0.25, 0.3) is 0 Å². The number of hydrogen-bond donors (Lipinski definition) is 0. The van der Waals surface area contributed by atoms with Crippen molar-refractivity contribution in [1.29, 1.82) is 0 Å². The molecule has 2 atom stereocenters. The molecule has 4 rings (SSSR count). The lowest BCUT2D eigenvalue weighted by molar-refractivity contribution is -0.116. The van der Waals surface area contributed by atoms with E-state index in [2.05, 4.69) is 35.2 Å². The van der Waals surface area contributed by atoms with Gasteiger partial charge in [0.05, 0.1) is 6.26 Å². The van der Waals surface area contributed by atoms with Gasteiger partial charge in [-0.3, -0.25) is 9.69 Å². The van der Waals surface area contributed by atoms with Gasteiger partial charge in [-0.25, -0.2) is 8.42 Å². The summed E-state index contributed by atoms with van der Waals surface area (Å²) in [4.78, 5) is 16.8. The van der Waals surface area contributed by atoms with E-state index in [1.807, 2.05) is 29.2 Å². The Morgan fingerprint density at radius 2 is 1.67 bits per heavy atom. The van der Waals surface area contributed by atoms with Crippen molar-refractivity contribution in [1.82, 2.24) is 9.21 Å². The van der Waals surface area contributed by atoms with Crippen LogP contribution in [-0.4, -0.2) is 61.5 Å². The normalized spacial score (nSPS) is 22.5. The lowest BCUT2D eigenvalue weighted by atomic mass is 10.1. The number of sulfonamides is 1. The highest BCUT2D eigenvalue weighted by molar-refractivity contribution is 7.88. The highest BCUT2D eigenvalue weighted by atomic mass is 32.2. The number of anilines is 1. The third-order valence-electron chi connectivity index (χ3n) is 6.93. The maximum atomic E-state index is 12.8. The van der Waals surface area contributed by atoms with Crippen molar-refractivity contribution in [3.63, 3.8) is 0 Å². The highest BCUT2D eigenvalue weighted by Gasteiger charge is 2.40. The minimum absolute atomic E-state index is 0.00206. The first-order valence-corrected chi connectivity index (χ1v) is 13.8. The lowest BCUT2D eigenvalue weighted by Crippen LogP contribution is -2.46. The molecule has 2 aliphatic heterocycles. The van der Waals surface area contributed by atoms with Gasteiger partial charge in [0.2, 0.25) is 15.9 Å². The second kappa shape index (κ2) is 10.4. The molecule has 1 saturated heterocycles. The quantitative estimate of drug-likeness (QED) is 0.670. The van der Waals surface area contributed by atoms with Gasteiger partial charge in [-0.15, -0.1) is 0 Å². The summed E-state index contributed by atoms with van der Waals surface area (Å²) in [6.07, 6.45) is 5.69. The Morgan fingerprint density at radius 3 is 2.39 bits per heavy atom. The largest absolute Gasteiger partial charge is 0.312 e. The standard InChI is InChI=1S/C26H35N3O3S/c1-21(30)28-18-16-24-14-15-25(29(24)33(2,31)32)20-27(19-23-12-6-7-13-26(23)28)17-8-11-22-9-4-3-5-10-22/h3-7,9-10,12-13,24-25H,8,11,14-20H2,1-2H3/t24-,25+/m1/s1. The number of fused-ring (bicyclic) bond motifs is 3. The van der Waals surface area contributed by atoms with Crippen LogP contribution in [0.3, 0.4) is 0 Å². The van der Waals surface area contributed by atoms with Crippen LogP contribution in [0.15, 0.2) is 54.6 Å². The number of aryl methyl sites for hydroxylation is 1. The molecule has 33 heavy (non-hydrogen) atoms. The molecule has 0 aromatic heterocycles. The molecule has 6 nitrogen and oxygen atoms in total. The summed E-state index contributed by atoms with van der Waals surface area (Å²) in [7, 11) is -3.33. The fourth-order valence-electron chi connectivity index (χ4n) is 5.48. The molecular weight excluding hydrogens is 434 g/mol. The van der Waals surface area contributed by atoms with E-state index in [1.54, 1.807) is 11.2 Å². The first-order chi connectivity index (χ1) is 15.8. The topological polar surface area (TPSA) is 60.9 Å². The van der Waals surface area contributed by atoms with E-state index < -0.39 is 10.0 Å². The number of hydrogen-bond acceptors (Lipinski definition) is 4. The summed E-state index contributed by atoms with van der Waals surface area (Å²) < 4.78 is 27.3. The number of para-hydroxylation sites is 1. The second-order valence-corrected chi connectivity index (χ2v) is 11.3. The summed E-state index contributed by atoms with van der Waals surface area (Å²) in [5, 5.41) is 0. The first-order valence-electron chi connectivity index (χ1n) is 11.9. The molecule has 7 heteroatoms. The molecule has 2 heterocycles. The van der Waals surface area contributed by atoms with Gasteiger partial charge in [0.15, 0.2) is 0 Å². The van der Waals surface area contributed by atoms with Crippen molar-refractivity contribution in [2.24, 2.45) is 0 Å². The van der Waals surface area contributed by atoms with Crippen LogP contribution in [0.2, 0.25) is 0 Å². The molecule has 178 valence electrons. The average molecular weight is 470 g/mol. The van der Waals surface area contributed by atoms with Crippen molar-refractivity contribution in [3.05, 3.63) is 65.7 Å². The summed E-state index contributed by atoms with van der Waals surface area (Å²) in [5.41, 5.74) is 3.38. The summed E-state index contributed by atoms with van der Waals surface area (Å²) in [5.74, 6) is -0.00206. The zero-order chi connectivity index (χ0) is 23.4. The maximum absolute atomic E-state index is 12.8. The number of nitrogens with zero attached hydrogens (tertiary/aromatic N) is 3. The molecule has 0 spiro atoms. The van der Waals surface area contributed by atoms with Gasteiger partial charge in [0, 0.05) is 44.3 Å². The third-order valence-corrected chi connectivity index (χ3v) is 8.29. The van der Waals surface area contributed by atoms with Gasteiger partial charge >= 0.3 is 0 Å². The average Bonchev–Trinajstić information content (AvgIpc) is 3.17. The molecule has 2 aromatic carbocycles. The van der Waals surface area contributed by atoms with E-state index >= 15 is 0 Å². The number of carbonyl (C=O) groups is 1. The minimum atomic E-state index is -3.33. The first kappa shape index (κ1) is 23.9. The minimum Gasteiger partial charge on any atom is -0.312 e. The van der Waals surface area contributed by atoms with Crippen LogP contribution in [-0.2, 0) is 27.8 Å². The Bertz CT molecular complexity index is 1060. The highest BCUT2D eigenvalue weighted by Crippen LogP contribution is 2.33. The van der Waals surface area contributed by atoms with Crippen LogP contribution in [0, 0.1) is 0 Å². The monoisotopic (exact) mass is 469 g/mol. The zero-order valence-electron chi connectivity index (χ0n) is 19.7. The van der Waals surface area contributed by atoms with Crippen molar-refractivity contribution >= 4 is 21.6 Å². The number of carbonyl (C=O) groups excluding carboxylic acids is 1. The van der Waals surface area contributed by atoms with E-state index in [1.165, 1.54) is 11.8 Å². The third kappa shape index (κ3) is 5.83. The van der Waals surface area contributed by atoms with Gasteiger partial charge < -0.3 is 4.90 Å². The molecule has 2 bridgehead atoms. The fraction of sp³-hybridized carbons (Fsp3) is 0.500. The number of benzene rings is 2. The van der Waals surface area contributed by atoms with Crippen LogP contribution in [0.25, 0.3) is 0 Å². The molecule has 0 aliphatic carbocycles. The predicted molar refractivity (Wildman–Crippen MR) is 133 cm³/mol. The lowest BCUT2D eigenvalue weighted by Gasteiger charge is -2.32. The Morgan fingerprint density at radius 1 is 0.970 bits per heavy atom. The van der Waals surface area contributed by atoms with E-state index in [0.717, 1.165) is 43.5 Å². The van der Waals surface area contributed by atoms with Crippen LogP contribution >= 0.6 is 0 Å². The van der Waals surface area contributed by atoms with Gasteiger partial charge in [-0.1, -0.05) is 48.5 Å². The van der Waals surface area contributed by atoms with E-state index in [-0.39, 0.29) is 18.0 Å². The molecule has 0 saturated carbocycles. The van der Waals surface area contributed by atoms with Gasteiger partial charge in [-0.05, 0) is 55.8 Å². The molecule has 1 fully saturated rings. The van der Waals surface area contributed by atoms with Crippen molar-refractivity contribution in [3.8, 4) is 0 Å². The maximum Gasteiger partial charge on any atom is 0.223 e. The van der Waals surface area contributed by atoms with Gasteiger partial charge in [0.1, 0.15) is 0 Å². The molecular formula is C26H35N3O3S. The van der Waals surface area contributed by atoms with Crippen LogP contribution in [0.1, 0.15) is 43.7 Å². The fourth-order valence-corrected chi connectivity index (χ4v) is 6.95. The SMILES string of the molecule is CC(=O)N1CC[C@H]2CC[C@@H](CN(CCCc3ccccc3)Cc3ccccc31)N2S(C)(=O)=O. The van der Waals surface area contributed by atoms with Crippen molar-refractivity contribution in [2.75, 3.05) is 30.8 Å². The van der Waals surface area contributed by atoms with Crippen molar-refractivity contribution < 1.29 is 13.2 Å². The Labute approximate surface area is 198 Å². The van der Waals surface area contributed by atoms with Crippen LogP contribution in [0.5, 0.6) is 0 Å². The Kier molecular flexibility index (Phi) is 7.51. The second-order valence-electron chi connectivity index (χ2n) is 9.39. The molecule has 0 radical (unpaired) electrons. The molecule has 0 N–H and O–H groups in total. The van der Waals surface area contributed by atoms with Crippen molar-refractivity contribution in [2.45, 2.75) is 57.7 Å². The molecule has 1 amide bonds. The Balaban J connectivity index is 1.63. The zero-order valence-corrected chi connectivity index (χ0v) is 20.5. The smallest absolute Gasteiger partial charge is 0.223 e. The number of rotatable bonds is 5. The van der Waals surface area contributed by atoms with E-state index in [0.29, 0.717) is 26.1 Å². The van der Waals surface area contributed by atoms with Gasteiger partial charge in [-0.2, -0.15) is 4.31 Å². The number of amides is 1. The molecule has 0 unspecified atom stereocenters. The summed E-state index contributed by atoms with van der Waals surface area (Å²) in [6, 6.07) is 18.5. The summed E-state index contributed by atoms with van der Waals surface area (Å²) in [6.45, 7) is 4.42. The molecule has 2 aliphatic rings. The van der Waals surface area contributed by atoms with E-state index in [4.69, 9.17) is 0 Å². The Hall–Kier alpha value is -2.22. The predicted octanol–water partition coefficient (Wildman–Crippen LogP) is 3.67. The molecule has 2 aromatic rings. The van der Waals surface area contributed by atoms with E-state index in [9.17, 15) is 13.2 Å². The summed E-state index contributed by atoms with van der Waals surface area (Å²) >= 11 is 0. The van der Waals surface area contributed by atoms with Crippen LogP contribution in [0.4, 0.5) is 5.69 Å².